The largest absolute Gasteiger partial charge is 0.459 e. The van der Waals surface area contributed by atoms with Gasteiger partial charge in [0.25, 0.3) is 5.56 Å². The number of aromatic nitrogens is 2. The Morgan fingerprint density at radius 1 is 1.21 bits per heavy atom. The minimum absolute atomic E-state index is 0.0296. The van der Waals surface area contributed by atoms with Gasteiger partial charge in [0, 0.05) is 12.3 Å². The number of rotatable bonds is 7. The number of carbonyl (C=O) groups is 2. The third-order valence-corrected chi connectivity index (χ3v) is 4.83. The second-order valence-electron chi connectivity index (χ2n) is 6.15. The number of nitrogens with zero attached hydrogens (tertiary/aromatic N) is 2. The van der Waals surface area contributed by atoms with E-state index >= 15 is 0 Å². The van der Waals surface area contributed by atoms with Gasteiger partial charge in [0.1, 0.15) is 18.1 Å². The zero-order chi connectivity index (χ0) is 20.8. The Balaban J connectivity index is 1.47. The van der Waals surface area contributed by atoms with Crippen molar-refractivity contribution in [3.63, 3.8) is 0 Å². The molecule has 29 heavy (non-hydrogen) atoms. The summed E-state index contributed by atoms with van der Waals surface area (Å²) in [6.07, 6.45) is 1.62. The number of anilines is 1. The van der Waals surface area contributed by atoms with Gasteiger partial charge >= 0.3 is 5.97 Å². The van der Waals surface area contributed by atoms with Gasteiger partial charge in [-0.15, -0.1) is 11.8 Å². The summed E-state index contributed by atoms with van der Waals surface area (Å²) in [5.41, 5.74) is 1.51. The summed E-state index contributed by atoms with van der Waals surface area (Å²) in [5.74, 6) is -1.58. The SMILES string of the molecule is Cc1cccn2c(=O)cc(COC(=O)CSCC(=O)Nc3ccccc3F)nc12. The number of carbonyl (C=O) groups excluding carboxylic acids is 2. The molecule has 0 aliphatic carbocycles. The van der Waals surface area contributed by atoms with E-state index in [4.69, 9.17) is 4.74 Å². The number of hydrogen-bond acceptors (Lipinski definition) is 6. The molecule has 3 aromatic rings. The number of fused-ring (bicyclic) bond motifs is 1. The summed E-state index contributed by atoms with van der Waals surface area (Å²) in [6, 6.07) is 10.7. The quantitative estimate of drug-likeness (QED) is 0.597. The van der Waals surface area contributed by atoms with E-state index in [1.54, 1.807) is 18.3 Å². The molecule has 0 atom stereocenters. The topological polar surface area (TPSA) is 89.8 Å². The average molecular weight is 415 g/mol. The van der Waals surface area contributed by atoms with E-state index in [2.05, 4.69) is 10.3 Å². The molecule has 0 fully saturated rings. The molecule has 3 rings (SSSR count). The van der Waals surface area contributed by atoms with Gasteiger partial charge in [0.2, 0.25) is 5.91 Å². The van der Waals surface area contributed by atoms with Gasteiger partial charge in [-0.1, -0.05) is 18.2 Å². The average Bonchev–Trinajstić information content (AvgIpc) is 2.69. The summed E-state index contributed by atoms with van der Waals surface area (Å²) in [4.78, 5) is 40.2. The number of pyridine rings is 1. The Morgan fingerprint density at radius 3 is 2.79 bits per heavy atom. The van der Waals surface area contributed by atoms with E-state index in [0.29, 0.717) is 11.3 Å². The van der Waals surface area contributed by atoms with Crippen LogP contribution in [0, 0.1) is 12.7 Å². The second kappa shape index (κ2) is 9.33. The number of para-hydroxylation sites is 1. The molecule has 7 nitrogen and oxygen atoms in total. The highest BCUT2D eigenvalue weighted by Crippen LogP contribution is 2.13. The monoisotopic (exact) mass is 415 g/mol. The highest BCUT2D eigenvalue weighted by molar-refractivity contribution is 8.00. The van der Waals surface area contributed by atoms with Crippen molar-refractivity contribution >= 4 is 35.0 Å². The molecule has 1 aromatic carbocycles. The molecule has 0 saturated heterocycles. The first-order valence-corrected chi connectivity index (χ1v) is 9.85. The standard InChI is InChI=1S/C20H18FN3O4S/c1-13-5-4-8-24-18(26)9-14(22-20(13)24)10-28-19(27)12-29-11-17(25)23-16-7-3-2-6-15(16)21/h2-9H,10-12H2,1H3,(H,23,25). The molecule has 1 amide bonds. The van der Waals surface area contributed by atoms with Crippen LogP contribution in [-0.2, 0) is 20.9 Å². The molecule has 1 N–H and O–H groups in total. The van der Waals surface area contributed by atoms with Gasteiger partial charge in [-0.3, -0.25) is 18.8 Å². The fourth-order valence-corrected chi connectivity index (χ4v) is 3.16. The van der Waals surface area contributed by atoms with Gasteiger partial charge in [0.05, 0.1) is 22.9 Å². The molecule has 0 aliphatic heterocycles. The van der Waals surface area contributed by atoms with Crippen molar-refractivity contribution in [2.75, 3.05) is 16.8 Å². The predicted molar refractivity (Wildman–Crippen MR) is 108 cm³/mol. The summed E-state index contributed by atoms with van der Waals surface area (Å²) >= 11 is 1.04. The van der Waals surface area contributed by atoms with Crippen molar-refractivity contribution in [2.24, 2.45) is 0 Å². The number of halogens is 1. The zero-order valence-electron chi connectivity index (χ0n) is 15.6. The first-order valence-electron chi connectivity index (χ1n) is 8.69. The second-order valence-corrected chi connectivity index (χ2v) is 7.14. The maximum absolute atomic E-state index is 13.5. The van der Waals surface area contributed by atoms with Gasteiger partial charge in [-0.05, 0) is 30.7 Å². The van der Waals surface area contributed by atoms with Gasteiger partial charge in [-0.2, -0.15) is 0 Å². The van der Waals surface area contributed by atoms with Gasteiger partial charge in [0.15, 0.2) is 0 Å². The Hall–Kier alpha value is -3.20. The van der Waals surface area contributed by atoms with E-state index in [-0.39, 0.29) is 29.4 Å². The van der Waals surface area contributed by atoms with Gasteiger partial charge < -0.3 is 10.1 Å². The van der Waals surface area contributed by atoms with Crippen LogP contribution in [0.2, 0.25) is 0 Å². The number of thioether (sulfide) groups is 1. The molecule has 9 heteroatoms. The van der Waals surface area contributed by atoms with Crippen LogP contribution >= 0.6 is 11.8 Å². The minimum Gasteiger partial charge on any atom is -0.459 e. The molecule has 0 radical (unpaired) electrons. The Bertz CT molecular complexity index is 1120. The lowest BCUT2D eigenvalue weighted by Crippen LogP contribution is -2.18. The van der Waals surface area contributed by atoms with Crippen LogP contribution in [0.4, 0.5) is 10.1 Å². The van der Waals surface area contributed by atoms with Crippen molar-refractivity contribution in [3.8, 4) is 0 Å². The van der Waals surface area contributed by atoms with Crippen LogP contribution in [-0.4, -0.2) is 32.8 Å². The number of aryl methyl sites for hydroxylation is 1. The van der Waals surface area contributed by atoms with Crippen molar-refractivity contribution in [3.05, 3.63) is 76.1 Å². The number of ether oxygens (including phenoxy) is 1. The zero-order valence-corrected chi connectivity index (χ0v) is 16.4. The molecule has 0 aliphatic rings. The fourth-order valence-electron chi connectivity index (χ4n) is 2.55. The first kappa shape index (κ1) is 20.5. The van der Waals surface area contributed by atoms with Crippen molar-refractivity contribution in [1.29, 1.82) is 0 Å². The van der Waals surface area contributed by atoms with Crippen LogP contribution < -0.4 is 10.9 Å². The molecule has 2 heterocycles. The molecular weight excluding hydrogens is 397 g/mol. The molecule has 0 unspecified atom stereocenters. The summed E-state index contributed by atoms with van der Waals surface area (Å²) in [7, 11) is 0. The number of hydrogen-bond donors (Lipinski definition) is 1. The van der Waals surface area contributed by atoms with Crippen LogP contribution in [0.1, 0.15) is 11.3 Å². The number of amides is 1. The maximum atomic E-state index is 13.5. The third-order valence-electron chi connectivity index (χ3n) is 3.92. The van der Waals surface area contributed by atoms with Crippen molar-refractivity contribution in [1.82, 2.24) is 9.38 Å². The lowest BCUT2D eigenvalue weighted by atomic mass is 10.3. The Kier molecular flexibility index (Phi) is 6.61. The normalized spacial score (nSPS) is 10.7. The van der Waals surface area contributed by atoms with Crippen LogP contribution in [0.15, 0.2) is 53.5 Å². The smallest absolute Gasteiger partial charge is 0.316 e. The summed E-state index contributed by atoms with van der Waals surface area (Å²) < 4.78 is 20.0. The van der Waals surface area contributed by atoms with Crippen LogP contribution in [0.5, 0.6) is 0 Å². The van der Waals surface area contributed by atoms with Crippen LogP contribution in [0.25, 0.3) is 5.65 Å². The van der Waals surface area contributed by atoms with Crippen molar-refractivity contribution < 1.29 is 18.7 Å². The minimum atomic E-state index is -0.541. The van der Waals surface area contributed by atoms with E-state index in [9.17, 15) is 18.8 Å². The molecule has 0 spiro atoms. The molecule has 150 valence electrons. The first-order chi connectivity index (χ1) is 13.9. The van der Waals surface area contributed by atoms with E-state index in [0.717, 1.165) is 17.3 Å². The number of benzene rings is 1. The van der Waals surface area contributed by atoms with Crippen LogP contribution in [0.3, 0.4) is 0 Å². The Labute approximate surface area is 169 Å². The van der Waals surface area contributed by atoms with Crippen molar-refractivity contribution in [2.45, 2.75) is 13.5 Å². The summed E-state index contributed by atoms with van der Waals surface area (Å²) in [6.45, 7) is 1.70. The van der Waals surface area contributed by atoms with E-state index in [1.165, 1.54) is 28.7 Å². The number of nitrogens with one attached hydrogen (secondary N) is 1. The van der Waals surface area contributed by atoms with Gasteiger partial charge in [-0.25, -0.2) is 9.37 Å². The molecule has 0 bridgehead atoms. The Morgan fingerprint density at radius 2 is 2.00 bits per heavy atom. The molecular formula is C20H18FN3O4S. The lowest BCUT2D eigenvalue weighted by Gasteiger charge is -2.08. The highest BCUT2D eigenvalue weighted by atomic mass is 32.2. The predicted octanol–water partition coefficient (Wildman–Crippen LogP) is 2.56. The van der Waals surface area contributed by atoms with E-state index < -0.39 is 17.7 Å². The third kappa shape index (κ3) is 5.41. The molecule has 0 saturated carbocycles. The van der Waals surface area contributed by atoms with E-state index in [1.807, 2.05) is 13.0 Å². The lowest BCUT2D eigenvalue weighted by molar-refractivity contribution is -0.141. The fraction of sp³-hybridized carbons (Fsp3) is 0.200. The number of esters is 1. The highest BCUT2D eigenvalue weighted by Gasteiger charge is 2.11. The maximum Gasteiger partial charge on any atom is 0.316 e. The summed E-state index contributed by atoms with van der Waals surface area (Å²) in [5, 5.41) is 2.44. The molecule has 2 aromatic heterocycles.